The fourth-order valence-corrected chi connectivity index (χ4v) is 6.40. The third-order valence-electron chi connectivity index (χ3n) is 7.82. The van der Waals surface area contributed by atoms with Gasteiger partial charge in [0, 0.05) is 17.5 Å². The summed E-state index contributed by atoms with van der Waals surface area (Å²) in [6.07, 6.45) is 13.3. The van der Waals surface area contributed by atoms with E-state index in [9.17, 15) is 5.11 Å². The molecule has 0 amide bonds. The Morgan fingerprint density at radius 1 is 1.17 bits per heavy atom. The van der Waals surface area contributed by atoms with Crippen molar-refractivity contribution in [2.45, 2.75) is 57.7 Å². The summed E-state index contributed by atoms with van der Waals surface area (Å²) in [5, 5.41) is 17.3. The quantitative estimate of drug-likeness (QED) is 0.683. The van der Waals surface area contributed by atoms with Crippen molar-refractivity contribution in [2.24, 2.45) is 22.7 Å². The Hall–Kier alpha value is -0.900. The number of aliphatic hydroxyl groups excluding tert-OH is 1. The van der Waals surface area contributed by atoms with Crippen LogP contribution in [0, 0.1) is 22.7 Å². The van der Waals surface area contributed by atoms with Crippen LogP contribution in [0.2, 0.25) is 0 Å². The van der Waals surface area contributed by atoms with Crippen molar-refractivity contribution in [2.75, 3.05) is 14.1 Å². The Morgan fingerprint density at radius 3 is 2.67 bits per heavy atom. The summed E-state index contributed by atoms with van der Waals surface area (Å²) in [7, 11) is 4.23. The lowest BCUT2D eigenvalue weighted by atomic mass is 9.51. The molecule has 0 aromatic carbocycles. The van der Waals surface area contributed by atoms with Crippen LogP contribution in [0.5, 0.6) is 0 Å². The largest absolute Gasteiger partial charge is 0.385 e. The summed E-state index contributed by atoms with van der Waals surface area (Å²) in [4.78, 5) is 0. The summed E-state index contributed by atoms with van der Waals surface area (Å²) in [6, 6.07) is 1.11. The van der Waals surface area contributed by atoms with Gasteiger partial charge in [-0.1, -0.05) is 42.4 Å². The minimum atomic E-state index is -0.420. The molecule has 7 atom stereocenters. The highest BCUT2D eigenvalue weighted by molar-refractivity contribution is 5.46. The monoisotopic (exact) mass is 328 g/mol. The number of rotatable bonds is 2. The van der Waals surface area contributed by atoms with E-state index >= 15 is 0 Å². The van der Waals surface area contributed by atoms with E-state index in [-0.39, 0.29) is 5.41 Å². The number of allylic oxidation sites excluding steroid dienone is 2. The van der Waals surface area contributed by atoms with Gasteiger partial charge in [-0.3, -0.25) is 0 Å². The summed E-state index contributed by atoms with van der Waals surface area (Å²) < 4.78 is 0. The van der Waals surface area contributed by atoms with Gasteiger partial charge in [-0.15, -0.1) is 0 Å². The van der Waals surface area contributed by atoms with Gasteiger partial charge < -0.3 is 15.7 Å². The molecule has 0 saturated heterocycles. The third-order valence-corrected chi connectivity index (χ3v) is 7.82. The van der Waals surface area contributed by atoms with Gasteiger partial charge >= 0.3 is 0 Å². The number of nitrogens with one attached hydrogen (secondary N) is 2. The molecule has 132 valence electrons. The fraction of sp³-hybridized carbons (Fsp3) is 0.714. The normalized spacial score (nSPS) is 49.8. The van der Waals surface area contributed by atoms with Crippen molar-refractivity contribution >= 4 is 0 Å². The second kappa shape index (κ2) is 5.55. The first-order chi connectivity index (χ1) is 11.4. The highest BCUT2D eigenvalue weighted by Gasteiger charge is 2.57. The summed E-state index contributed by atoms with van der Waals surface area (Å²) in [5.41, 5.74) is 3.37. The maximum atomic E-state index is 10.1. The molecular formula is C21H32N2O. The van der Waals surface area contributed by atoms with Crippen LogP contribution in [-0.4, -0.2) is 37.4 Å². The van der Waals surface area contributed by atoms with Crippen LogP contribution in [0.25, 0.3) is 0 Å². The first-order valence-corrected chi connectivity index (χ1v) is 9.57. The molecule has 24 heavy (non-hydrogen) atoms. The third kappa shape index (κ3) is 2.07. The standard InChI is InChI=1S/C21H32N2O/c1-20-9-7-14(24)11-13(20)12-17(22-3)19-15-5-6-18(23-4)21(15,2)10-8-16(19)20/h7-9,11,14-15,17-19,22-24H,5-6,10,12H2,1-4H3/t14?,15-,17?,18?,19-,20-,21-/m0/s1. The Bertz CT molecular complexity index is 621. The lowest BCUT2D eigenvalue weighted by Gasteiger charge is -2.55. The molecule has 0 heterocycles. The van der Waals surface area contributed by atoms with Gasteiger partial charge in [-0.2, -0.15) is 0 Å². The van der Waals surface area contributed by atoms with Crippen LogP contribution in [0.15, 0.2) is 35.5 Å². The second-order valence-corrected chi connectivity index (χ2v) is 8.76. The zero-order valence-corrected chi connectivity index (χ0v) is 15.5. The van der Waals surface area contributed by atoms with Crippen LogP contribution < -0.4 is 10.6 Å². The van der Waals surface area contributed by atoms with E-state index in [0.29, 0.717) is 23.4 Å². The topological polar surface area (TPSA) is 44.3 Å². The smallest absolute Gasteiger partial charge is 0.0906 e. The molecule has 3 nitrogen and oxygen atoms in total. The summed E-state index contributed by atoms with van der Waals surface area (Å²) in [6.45, 7) is 4.86. The highest BCUT2D eigenvalue weighted by Crippen LogP contribution is 2.62. The molecule has 0 aliphatic heterocycles. The molecule has 4 aliphatic rings. The van der Waals surface area contributed by atoms with Gasteiger partial charge in [0.2, 0.25) is 0 Å². The van der Waals surface area contributed by atoms with Crippen molar-refractivity contribution in [3.8, 4) is 0 Å². The lowest BCUT2D eigenvalue weighted by Crippen LogP contribution is -2.54. The van der Waals surface area contributed by atoms with E-state index in [1.807, 2.05) is 6.08 Å². The van der Waals surface area contributed by atoms with Crippen LogP contribution in [0.4, 0.5) is 0 Å². The predicted octanol–water partition coefficient (Wildman–Crippen LogP) is 2.79. The average Bonchev–Trinajstić information content (AvgIpc) is 2.91. The van der Waals surface area contributed by atoms with Gasteiger partial charge in [-0.05, 0) is 64.0 Å². The first-order valence-electron chi connectivity index (χ1n) is 9.57. The number of hydrogen-bond acceptors (Lipinski definition) is 3. The van der Waals surface area contributed by atoms with Crippen molar-refractivity contribution in [1.82, 2.24) is 10.6 Å². The Labute approximate surface area is 146 Å². The number of aliphatic hydroxyl groups is 1. The molecule has 0 aromatic heterocycles. The van der Waals surface area contributed by atoms with Gasteiger partial charge in [0.05, 0.1) is 6.10 Å². The van der Waals surface area contributed by atoms with Crippen molar-refractivity contribution in [3.05, 3.63) is 35.5 Å². The lowest BCUT2D eigenvalue weighted by molar-refractivity contribution is 0.0905. The molecule has 3 unspecified atom stereocenters. The zero-order chi connectivity index (χ0) is 17.1. The average molecular weight is 329 g/mol. The van der Waals surface area contributed by atoms with Crippen LogP contribution in [0.3, 0.4) is 0 Å². The SMILES string of the molecule is CNC1CC2=CC(O)C=C[C@]2(C)C2=CC[C@]3(C)C(NC)CC[C@H]3[C@@H]21. The molecule has 2 saturated carbocycles. The summed E-state index contributed by atoms with van der Waals surface area (Å²) >= 11 is 0. The molecule has 3 N–H and O–H groups in total. The van der Waals surface area contributed by atoms with E-state index < -0.39 is 6.10 Å². The molecule has 0 radical (unpaired) electrons. The first kappa shape index (κ1) is 16.6. The van der Waals surface area contributed by atoms with E-state index in [1.54, 1.807) is 5.57 Å². The van der Waals surface area contributed by atoms with E-state index in [4.69, 9.17) is 0 Å². The highest BCUT2D eigenvalue weighted by atomic mass is 16.3. The maximum absolute atomic E-state index is 10.1. The molecule has 3 heteroatoms. The molecule has 0 bridgehead atoms. The maximum Gasteiger partial charge on any atom is 0.0906 e. The van der Waals surface area contributed by atoms with Crippen molar-refractivity contribution in [3.63, 3.8) is 0 Å². The van der Waals surface area contributed by atoms with Crippen molar-refractivity contribution in [1.29, 1.82) is 0 Å². The van der Waals surface area contributed by atoms with E-state index in [0.717, 1.165) is 12.3 Å². The van der Waals surface area contributed by atoms with E-state index in [2.05, 4.69) is 56.8 Å². The molecule has 0 spiro atoms. The molecule has 2 fully saturated rings. The second-order valence-electron chi connectivity index (χ2n) is 8.76. The van der Waals surface area contributed by atoms with Gasteiger partial charge in [0.1, 0.15) is 0 Å². The minimum Gasteiger partial charge on any atom is -0.385 e. The molecule has 0 aromatic rings. The van der Waals surface area contributed by atoms with E-state index in [1.165, 1.54) is 24.8 Å². The molecular weight excluding hydrogens is 296 g/mol. The number of hydrogen-bond donors (Lipinski definition) is 3. The molecule has 4 rings (SSSR count). The van der Waals surface area contributed by atoms with Crippen LogP contribution >= 0.6 is 0 Å². The van der Waals surface area contributed by atoms with Crippen LogP contribution in [-0.2, 0) is 0 Å². The number of fused-ring (bicyclic) bond motifs is 5. The summed E-state index contributed by atoms with van der Waals surface area (Å²) in [5.74, 6) is 1.35. The fourth-order valence-electron chi connectivity index (χ4n) is 6.40. The Kier molecular flexibility index (Phi) is 3.83. The Balaban J connectivity index is 1.80. The minimum absolute atomic E-state index is 0.0102. The van der Waals surface area contributed by atoms with Crippen molar-refractivity contribution < 1.29 is 5.11 Å². The van der Waals surface area contributed by atoms with Gasteiger partial charge in [-0.25, -0.2) is 0 Å². The van der Waals surface area contributed by atoms with Gasteiger partial charge in [0.15, 0.2) is 0 Å². The predicted molar refractivity (Wildman–Crippen MR) is 98.7 cm³/mol. The zero-order valence-electron chi connectivity index (χ0n) is 15.5. The van der Waals surface area contributed by atoms with Gasteiger partial charge in [0.25, 0.3) is 0 Å². The Morgan fingerprint density at radius 2 is 1.96 bits per heavy atom. The molecule has 4 aliphatic carbocycles. The van der Waals surface area contributed by atoms with Crippen LogP contribution in [0.1, 0.15) is 39.5 Å².